The number of pyridine rings is 1. The molecule has 0 saturated heterocycles. The van der Waals surface area contributed by atoms with Crippen LogP contribution in [-0.2, 0) is 12.7 Å². The molecule has 170 valence electrons. The van der Waals surface area contributed by atoms with Gasteiger partial charge in [-0.15, -0.1) is 11.3 Å². The summed E-state index contributed by atoms with van der Waals surface area (Å²) < 4.78 is 40.6. The number of nitrogens with two attached hydrogens (primary N) is 1. The number of hydrogen-bond donors (Lipinski definition) is 2. The molecule has 0 aliphatic carbocycles. The molecule has 3 aromatic rings. The highest BCUT2D eigenvalue weighted by atomic mass is 35.5. The summed E-state index contributed by atoms with van der Waals surface area (Å²) in [6.07, 6.45) is -1.03. The number of carbonyl (C=O) groups excluding carboxylic acids is 2. The second kappa shape index (κ2) is 9.25. The summed E-state index contributed by atoms with van der Waals surface area (Å²) in [7, 11) is 0. The Morgan fingerprint density at radius 1 is 1.25 bits per heavy atom. The van der Waals surface area contributed by atoms with Crippen molar-refractivity contribution in [3.8, 4) is 0 Å². The molecule has 32 heavy (non-hydrogen) atoms. The van der Waals surface area contributed by atoms with Crippen LogP contribution in [0.25, 0.3) is 0 Å². The van der Waals surface area contributed by atoms with Gasteiger partial charge in [0.2, 0.25) is 5.95 Å². The zero-order chi connectivity index (χ0) is 23.6. The number of nitrogen functional groups attached to an aromatic ring is 1. The molecule has 0 radical (unpaired) electrons. The Bertz CT molecular complexity index is 1160. The van der Waals surface area contributed by atoms with Crippen molar-refractivity contribution in [1.29, 1.82) is 0 Å². The number of Topliss-reactive ketones (excluding diaryl/α,β-unsaturated/α-hetero) is 1. The lowest BCUT2D eigenvalue weighted by atomic mass is 10.0. The minimum Gasteiger partial charge on any atom is -0.369 e. The molecule has 0 fully saturated rings. The number of alkyl halides is 3. The Kier molecular flexibility index (Phi) is 6.84. The maximum Gasteiger partial charge on any atom is 0.418 e. The summed E-state index contributed by atoms with van der Waals surface area (Å²) in [6.45, 7) is 4.12. The van der Waals surface area contributed by atoms with E-state index >= 15 is 0 Å². The molecular weight excluding hydrogens is 469 g/mol. The molecule has 0 aliphatic heterocycles. The van der Waals surface area contributed by atoms with E-state index in [2.05, 4.69) is 20.3 Å². The topological polar surface area (TPSA) is 116 Å². The lowest BCUT2D eigenvalue weighted by molar-refractivity contribution is -0.137. The van der Waals surface area contributed by atoms with Crippen LogP contribution in [0.2, 0.25) is 5.02 Å². The minimum absolute atomic E-state index is 0.118. The molecule has 0 aromatic carbocycles. The zero-order valence-electron chi connectivity index (χ0n) is 16.9. The van der Waals surface area contributed by atoms with Gasteiger partial charge < -0.3 is 15.6 Å². The van der Waals surface area contributed by atoms with Gasteiger partial charge in [-0.2, -0.15) is 13.2 Å². The first-order valence-electron chi connectivity index (χ1n) is 9.35. The monoisotopic (exact) mass is 486 g/mol. The third kappa shape index (κ3) is 5.07. The Morgan fingerprint density at radius 3 is 2.62 bits per heavy atom. The number of carbonyl (C=O) groups is 2. The van der Waals surface area contributed by atoms with Gasteiger partial charge in [0.15, 0.2) is 5.78 Å². The lowest BCUT2D eigenvalue weighted by Crippen LogP contribution is -2.13. The predicted octanol–water partition coefficient (Wildman–Crippen LogP) is 4.64. The van der Waals surface area contributed by atoms with Crippen LogP contribution >= 0.6 is 22.9 Å². The molecule has 3 heterocycles. The number of anilines is 2. The summed E-state index contributed by atoms with van der Waals surface area (Å²) in [5.41, 5.74) is 5.03. The lowest BCUT2D eigenvalue weighted by Gasteiger charge is -2.10. The van der Waals surface area contributed by atoms with Crippen molar-refractivity contribution in [3.05, 3.63) is 50.8 Å². The summed E-state index contributed by atoms with van der Waals surface area (Å²) in [4.78, 5) is 37.1. The van der Waals surface area contributed by atoms with Gasteiger partial charge in [0.1, 0.15) is 16.4 Å². The van der Waals surface area contributed by atoms with Crippen molar-refractivity contribution in [2.75, 3.05) is 11.1 Å². The van der Waals surface area contributed by atoms with Crippen LogP contribution in [-0.4, -0.2) is 31.2 Å². The van der Waals surface area contributed by atoms with Gasteiger partial charge in [-0.25, -0.2) is 15.0 Å². The van der Waals surface area contributed by atoms with E-state index in [4.69, 9.17) is 17.3 Å². The molecule has 3 N–H and O–H groups in total. The van der Waals surface area contributed by atoms with Crippen LogP contribution in [0.1, 0.15) is 56.9 Å². The first kappa shape index (κ1) is 23.7. The number of nitrogens with zero attached hydrogens (tertiary/aromatic N) is 4. The molecule has 3 rings (SSSR count). The van der Waals surface area contributed by atoms with E-state index in [-0.39, 0.29) is 34.8 Å². The number of ketones is 1. The zero-order valence-corrected chi connectivity index (χ0v) is 18.5. The van der Waals surface area contributed by atoms with Crippen molar-refractivity contribution in [2.24, 2.45) is 0 Å². The molecule has 0 aliphatic rings. The normalized spacial score (nSPS) is 12.6. The first-order chi connectivity index (χ1) is 15.0. The number of imidazole rings is 1. The maximum absolute atomic E-state index is 13.0. The van der Waals surface area contributed by atoms with Crippen molar-refractivity contribution < 1.29 is 22.8 Å². The number of amides is 1. The van der Waals surface area contributed by atoms with E-state index in [1.165, 1.54) is 12.4 Å². The highest BCUT2D eigenvalue weighted by molar-refractivity contribution is 7.13. The fraction of sp³-hybridized carbons (Fsp3) is 0.316. The molecule has 0 bridgehead atoms. The Hall–Kier alpha value is -2.99. The summed E-state index contributed by atoms with van der Waals surface area (Å²) >= 11 is 6.57. The predicted molar refractivity (Wildman–Crippen MR) is 114 cm³/mol. The molecular formula is C19H18ClF3N6O2S. The van der Waals surface area contributed by atoms with Crippen molar-refractivity contribution >= 4 is 46.4 Å². The smallest absolute Gasteiger partial charge is 0.369 e. The van der Waals surface area contributed by atoms with E-state index in [0.29, 0.717) is 23.3 Å². The molecule has 0 saturated carbocycles. The van der Waals surface area contributed by atoms with Gasteiger partial charge in [-0.3, -0.25) is 9.59 Å². The van der Waals surface area contributed by atoms with Gasteiger partial charge in [0.25, 0.3) is 5.91 Å². The van der Waals surface area contributed by atoms with Crippen LogP contribution in [0.15, 0.2) is 24.7 Å². The standard InChI is InChI=1S/C19H18ClF3N6O2S/c1-3-29-12(7-27-18(29)24)13(30)4-9(2)17-26-8-14(32-17)16(31)28-15-5-10(19(21,22)23)11(20)6-25-15/h5-9H,3-4H2,1-2H3,(H2,24,27)(H,25,28,31)/t9-/m0/s1. The third-order valence-corrected chi connectivity index (χ3v) is 6.08. The van der Waals surface area contributed by atoms with E-state index in [9.17, 15) is 22.8 Å². The number of rotatable bonds is 7. The average molecular weight is 487 g/mol. The first-order valence-corrected chi connectivity index (χ1v) is 10.5. The van der Waals surface area contributed by atoms with Crippen LogP contribution in [0.3, 0.4) is 0 Å². The van der Waals surface area contributed by atoms with Crippen LogP contribution in [0.4, 0.5) is 24.9 Å². The SMILES string of the molecule is CCn1c(C(=O)C[C@H](C)c2ncc(C(=O)Nc3cc(C(F)(F)F)c(Cl)cn3)s2)cnc1N. The van der Waals surface area contributed by atoms with E-state index in [0.717, 1.165) is 17.5 Å². The fourth-order valence-electron chi connectivity index (χ4n) is 2.94. The van der Waals surface area contributed by atoms with Gasteiger partial charge >= 0.3 is 6.18 Å². The molecule has 8 nitrogen and oxygen atoms in total. The summed E-state index contributed by atoms with van der Waals surface area (Å²) in [5.74, 6) is -1.20. The van der Waals surface area contributed by atoms with E-state index in [1.807, 2.05) is 6.92 Å². The van der Waals surface area contributed by atoms with Gasteiger partial charge in [-0.05, 0) is 13.0 Å². The average Bonchev–Trinajstić information content (AvgIpc) is 3.35. The summed E-state index contributed by atoms with van der Waals surface area (Å²) in [5, 5.41) is 2.26. The van der Waals surface area contributed by atoms with E-state index < -0.39 is 22.7 Å². The Morgan fingerprint density at radius 2 is 1.97 bits per heavy atom. The second-order valence-corrected chi connectivity index (χ2v) is 8.31. The van der Waals surface area contributed by atoms with Crippen molar-refractivity contribution in [2.45, 2.75) is 38.9 Å². The van der Waals surface area contributed by atoms with Crippen molar-refractivity contribution in [1.82, 2.24) is 19.5 Å². The maximum atomic E-state index is 13.0. The minimum atomic E-state index is -4.68. The van der Waals surface area contributed by atoms with Gasteiger partial charge in [-0.1, -0.05) is 18.5 Å². The van der Waals surface area contributed by atoms with Gasteiger partial charge in [0.05, 0.1) is 28.0 Å². The molecule has 1 atom stereocenters. The number of nitrogens with one attached hydrogen (secondary N) is 1. The summed E-state index contributed by atoms with van der Waals surface area (Å²) in [6, 6.07) is 0.659. The van der Waals surface area contributed by atoms with E-state index in [1.54, 1.807) is 11.5 Å². The molecule has 0 unspecified atom stereocenters. The molecule has 13 heteroatoms. The Labute approximate surface area is 189 Å². The Balaban J connectivity index is 1.70. The van der Waals surface area contributed by atoms with Crippen molar-refractivity contribution in [3.63, 3.8) is 0 Å². The van der Waals surface area contributed by atoms with Crippen LogP contribution < -0.4 is 11.1 Å². The quantitative estimate of drug-likeness (QED) is 0.470. The van der Waals surface area contributed by atoms with Crippen LogP contribution in [0.5, 0.6) is 0 Å². The van der Waals surface area contributed by atoms with Crippen LogP contribution in [0, 0.1) is 0 Å². The highest BCUT2D eigenvalue weighted by Crippen LogP contribution is 2.35. The second-order valence-electron chi connectivity index (χ2n) is 6.84. The molecule has 3 aromatic heterocycles. The molecule has 0 spiro atoms. The number of thiazole rings is 1. The number of aromatic nitrogens is 4. The number of halogens is 4. The third-order valence-electron chi connectivity index (χ3n) is 4.55. The van der Waals surface area contributed by atoms with Gasteiger partial charge in [0, 0.05) is 25.1 Å². The largest absolute Gasteiger partial charge is 0.418 e. The fourth-order valence-corrected chi connectivity index (χ4v) is 4.01. The highest BCUT2D eigenvalue weighted by Gasteiger charge is 2.34. The number of hydrogen-bond acceptors (Lipinski definition) is 7. The molecule has 1 amide bonds.